The van der Waals surface area contributed by atoms with E-state index in [0.29, 0.717) is 10.1 Å². The van der Waals surface area contributed by atoms with Gasteiger partial charge in [0, 0.05) is 13.1 Å². The van der Waals surface area contributed by atoms with Crippen molar-refractivity contribution in [3.05, 3.63) is 25.9 Å². The van der Waals surface area contributed by atoms with Crippen molar-refractivity contribution in [2.45, 2.75) is 20.4 Å². The molecule has 0 aromatic carbocycles. The van der Waals surface area contributed by atoms with Gasteiger partial charge in [-0.05, 0) is 36.1 Å². The highest BCUT2D eigenvalue weighted by Crippen LogP contribution is 2.00. The van der Waals surface area contributed by atoms with Gasteiger partial charge in [-0.25, -0.2) is 4.98 Å². The molecule has 0 fully saturated rings. The summed E-state index contributed by atoms with van der Waals surface area (Å²) in [5.41, 5.74) is 0.853. The highest BCUT2D eigenvalue weighted by molar-refractivity contribution is 14.1. The maximum atomic E-state index is 11.7. The van der Waals surface area contributed by atoms with E-state index in [1.54, 1.807) is 10.9 Å². The summed E-state index contributed by atoms with van der Waals surface area (Å²) in [6.45, 7) is 6.29. The first kappa shape index (κ1) is 11.6. The number of nitrogens with one attached hydrogen (secondary N) is 1. The zero-order valence-corrected chi connectivity index (χ0v) is 10.5. The van der Waals surface area contributed by atoms with Gasteiger partial charge in [0.25, 0.3) is 5.56 Å². The molecule has 0 aliphatic heterocycles. The maximum absolute atomic E-state index is 11.7. The Labute approximate surface area is 96.9 Å². The minimum Gasteiger partial charge on any atom is -0.315 e. The van der Waals surface area contributed by atoms with Gasteiger partial charge in [0.1, 0.15) is 0 Å². The first-order valence-corrected chi connectivity index (χ1v) is 5.67. The van der Waals surface area contributed by atoms with Gasteiger partial charge < -0.3 is 5.32 Å². The molecule has 1 N–H and O–H groups in total. The number of likely N-dealkylation sites (N-methyl/N-ethyl adjacent to an activating group) is 1. The molecule has 0 atom stereocenters. The summed E-state index contributed by atoms with van der Waals surface area (Å²) < 4.78 is 2.35. The lowest BCUT2D eigenvalue weighted by Gasteiger charge is -2.06. The van der Waals surface area contributed by atoms with Crippen molar-refractivity contribution in [1.82, 2.24) is 14.9 Å². The molecule has 0 unspecified atom stereocenters. The summed E-state index contributed by atoms with van der Waals surface area (Å²) in [6.07, 6.45) is 1.61. The summed E-state index contributed by atoms with van der Waals surface area (Å²) >= 11 is 2.04. The Hall–Kier alpha value is -0.430. The van der Waals surface area contributed by atoms with E-state index in [4.69, 9.17) is 0 Å². The third-order valence-corrected chi connectivity index (χ3v) is 3.18. The molecule has 0 bridgehead atoms. The molecule has 1 aromatic heterocycles. The summed E-state index contributed by atoms with van der Waals surface area (Å²) in [4.78, 5) is 15.8. The first-order valence-electron chi connectivity index (χ1n) is 4.59. The predicted molar refractivity (Wildman–Crippen MR) is 64.5 cm³/mol. The monoisotopic (exact) mass is 307 g/mol. The molecule has 0 radical (unpaired) electrons. The summed E-state index contributed by atoms with van der Waals surface area (Å²) in [5, 5.41) is 3.17. The van der Waals surface area contributed by atoms with Gasteiger partial charge in [0.2, 0.25) is 0 Å². The van der Waals surface area contributed by atoms with Crippen LogP contribution in [0.4, 0.5) is 0 Å². The van der Waals surface area contributed by atoms with Gasteiger partial charge in [-0.3, -0.25) is 9.36 Å². The topological polar surface area (TPSA) is 46.9 Å². The van der Waals surface area contributed by atoms with Crippen molar-refractivity contribution in [2.75, 3.05) is 13.1 Å². The second-order valence-corrected chi connectivity index (χ2v) is 4.07. The van der Waals surface area contributed by atoms with Gasteiger partial charge in [-0.15, -0.1) is 0 Å². The molecule has 1 aromatic rings. The molecule has 0 aliphatic rings. The summed E-state index contributed by atoms with van der Waals surface area (Å²) in [5.74, 6) is 0. The van der Waals surface area contributed by atoms with Crippen LogP contribution >= 0.6 is 22.6 Å². The van der Waals surface area contributed by atoms with E-state index in [1.165, 1.54) is 0 Å². The van der Waals surface area contributed by atoms with Crippen molar-refractivity contribution in [3.63, 3.8) is 0 Å². The zero-order chi connectivity index (χ0) is 10.6. The molecular weight excluding hydrogens is 293 g/mol. The summed E-state index contributed by atoms with van der Waals surface area (Å²) in [7, 11) is 0. The van der Waals surface area contributed by atoms with Crippen LogP contribution in [0.2, 0.25) is 0 Å². The minimum atomic E-state index is 0.0519. The molecule has 0 spiro atoms. The van der Waals surface area contributed by atoms with Gasteiger partial charge in [-0.2, -0.15) is 0 Å². The fraction of sp³-hybridized carbons (Fsp3) is 0.556. The van der Waals surface area contributed by atoms with E-state index >= 15 is 0 Å². The molecule has 14 heavy (non-hydrogen) atoms. The van der Waals surface area contributed by atoms with Crippen molar-refractivity contribution in [1.29, 1.82) is 0 Å². The normalized spacial score (nSPS) is 10.5. The average molecular weight is 307 g/mol. The van der Waals surface area contributed by atoms with Crippen LogP contribution in [0.1, 0.15) is 12.6 Å². The highest BCUT2D eigenvalue weighted by atomic mass is 127. The van der Waals surface area contributed by atoms with Crippen molar-refractivity contribution < 1.29 is 0 Å². The van der Waals surface area contributed by atoms with Crippen molar-refractivity contribution in [3.8, 4) is 0 Å². The van der Waals surface area contributed by atoms with Gasteiger partial charge in [0.05, 0.1) is 15.6 Å². The SMILES string of the molecule is CCNCCn1cnc(C)c(I)c1=O. The number of halogens is 1. The Balaban J connectivity index is 2.79. The lowest BCUT2D eigenvalue weighted by atomic mass is 10.4. The van der Waals surface area contributed by atoms with Gasteiger partial charge in [-0.1, -0.05) is 6.92 Å². The van der Waals surface area contributed by atoms with E-state index in [1.807, 2.05) is 36.4 Å². The van der Waals surface area contributed by atoms with Crippen LogP contribution in [-0.4, -0.2) is 22.6 Å². The van der Waals surface area contributed by atoms with Crippen LogP contribution < -0.4 is 10.9 Å². The Bertz CT molecular complexity index is 362. The maximum Gasteiger partial charge on any atom is 0.267 e. The van der Waals surface area contributed by atoms with Crippen molar-refractivity contribution >= 4 is 22.6 Å². The summed E-state index contributed by atoms with van der Waals surface area (Å²) in [6, 6.07) is 0. The molecule has 0 amide bonds. The molecule has 1 heterocycles. The Kier molecular flexibility index (Phi) is 4.53. The highest BCUT2D eigenvalue weighted by Gasteiger charge is 2.03. The average Bonchev–Trinajstić information content (AvgIpc) is 2.18. The molecule has 0 aliphatic carbocycles. The lowest BCUT2D eigenvalue weighted by Crippen LogP contribution is -2.29. The number of aryl methyl sites for hydroxylation is 1. The predicted octanol–water partition coefficient (Wildman–Crippen LogP) is 0.766. The van der Waals surface area contributed by atoms with E-state index in [2.05, 4.69) is 10.3 Å². The second-order valence-electron chi connectivity index (χ2n) is 3.00. The minimum absolute atomic E-state index is 0.0519. The van der Waals surface area contributed by atoms with Crippen LogP contribution in [0, 0.1) is 10.5 Å². The van der Waals surface area contributed by atoms with E-state index in [0.717, 1.165) is 18.8 Å². The molecule has 78 valence electrons. The van der Waals surface area contributed by atoms with Crippen LogP contribution in [0.3, 0.4) is 0 Å². The van der Waals surface area contributed by atoms with Gasteiger partial charge in [0.15, 0.2) is 0 Å². The standard InChI is InChI=1S/C9H14IN3O/c1-3-11-4-5-13-6-12-7(2)8(10)9(13)14/h6,11H,3-5H2,1-2H3. The Morgan fingerprint density at radius 3 is 3.00 bits per heavy atom. The Morgan fingerprint density at radius 2 is 2.36 bits per heavy atom. The molecule has 0 saturated carbocycles. The van der Waals surface area contributed by atoms with Crippen LogP contribution in [0.5, 0.6) is 0 Å². The fourth-order valence-corrected chi connectivity index (χ4v) is 1.53. The lowest BCUT2D eigenvalue weighted by molar-refractivity contribution is 0.587. The van der Waals surface area contributed by atoms with E-state index < -0.39 is 0 Å². The number of rotatable bonds is 4. The second kappa shape index (κ2) is 5.45. The molecular formula is C9H14IN3O. The van der Waals surface area contributed by atoms with Crippen LogP contribution in [-0.2, 0) is 6.54 Å². The van der Waals surface area contributed by atoms with Crippen LogP contribution in [0.15, 0.2) is 11.1 Å². The van der Waals surface area contributed by atoms with Crippen LogP contribution in [0.25, 0.3) is 0 Å². The fourth-order valence-electron chi connectivity index (χ4n) is 1.08. The zero-order valence-electron chi connectivity index (χ0n) is 8.38. The van der Waals surface area contributed by atoms with Gasteiger partial charge >= 0.3 is 0 Å². The Morgan fingerprint density at radius 1 is 1.64 bits per heavy atom. The van der Waals surface area contributed by atoms with E-state index in [-0.39, 0.29) is 5.56 Å². The van der Waals surface area contributed by atoms with Crippen molar-refractivity contribution in [2.24, 2.45) is 0 Å². The third-order valence-electron chi connectivity index (χ3n) is 1.94. The molecule has 5 heteroatoms. The van der Waals surface area contributed by atoms with E-state index in [9.17, 15) is 4.79 Å². The first-order chi connectivity index (χ1) is 6.66. The number of hydrogen-bond acceptors (Lipinski definition) is 3. The molecule has 0 saturated heterocycles. The quantitative estimate of drug-likeness (QED) is 0.660. The number of hydrogen-bond donors (Lipinski definition) is 1. The largest absolute Gasteiger partial charge is 0.315 e. The number of nitrogens with zero attached hydrogens (tertiary/aromatic N) is 2. The third kappa shape index (κ3) is 2.78. The molecule has 4 nitrogen and oxygen atoms in total. The number of aromatic nitrogens is 2. The smallest absolute Gasteiger partial charge is 0.267 e. The molecule has 1 rings (SSSR count).